The van der Waals surface area contributed by atoms with Crippen molar-refractivity contribution in [3.05, 3.63) is 18.2 Å². The number of methoxy groups -OCH3 is 2. The second kappa shape index (κ2) is 9.32. The van der Waals surface area contributed by atoms with Crippen molar-refractivity contribution >= 4 is 17.7 Å². The SMILES string of the molecule is COc1cc(OC)cc(-c2nnc(S[C@@H](C)C(=O)N(C)C3CCCCC3)o2)c1. The molecule has 2 aromatic rings. The fourth-order valence-corrected chi connectivity index (χ4v) is 4.23. The van der Waals surface area contributed by atoms with Gasteiger partial charge in [-0.15, -0.1) is 10.2 Å². The fraction of sp³-hybridized carbons (Fsp3) is 0.550. The molecule has 0 N–H and O–H groups in total. The molecule has 152 valence electrons. The Morgan fingerprint density at radius 2 is 1.79 bits per heavy atom. The van der Waals surface area contributed by atoms with E-state index in [-0.39, 0.29) is 11.2 Å². The highest BCUT2D eigenvalue weighted by molar-refractivity contribution is 8.00. The molecule has 1 aliphatic rings. The zero-order valence-corrected chi connectivity index (χ0v) is 17.6. The van der Waals surface area contributed by atoms with E-state index < -0.39 is 0 Å². The van der Waals surface area contributed by atoms with E-state index in [4.69, 9.17) is 13.9 Å². The maximum absolute atomic E-state index is 12.8. The predicted octanol–water partition coefficient (Wildman–Crippen LogP) is 4.03. The summed E-state index contributed by atoms with van der Waals surface area (Å²) < 4.78 is 16.3. The summed E-state index contributed by atoms with van der Waals surface area (Å²) in [5, 5.41) is 8.28. The van der Waals surface area contributed by atoms with Gasteiger partial charge in [-0.25, -0.2) is 0 Å². The summed E-state index contributed by atoms with van der Waals surface area (Å²) >= 11 is 1.29. The highest BCUT2D eigenvalue weighted by Crippen LogP contribution is 2.32. The first-order valence-corrected chi connectivity index (χ1v) is 10.4. The summed E-state index contributed by atoms with van der Waals surface area (Å²) in [6, 6.07) is 5.72. The zero-order valence-electron chi connectivity index (χ0n) is 16.8. The van der Waals surface area contributed by atoms with Crippen LogP contribution in [0, 0.1) is 0 Å². The number of carbonyl (C=O) groups is 1. The summed E-state index contributed by atoms with van der Waals surface area (Å²) in [6.07, 6.45) is 5.83. The summed E-state index contributed by atoms with van der Waals surface area (Å²) in [4.78, 5) is 14.7. The van der Waals surface area contributed by atoms with Crippen LogP contribution in [0.25, 0.3) is 11.5 Å². The van der Waals surface area contributed by atoms with Crippen LogP contribution in [0.2, 0.25) is 0 Å². The van der Waals surface area contributed by atoms with E-state index in [1.807, 2.05) is 18.9 Å². The Balaban J connectivity index is 1.67. The minimum atomic E-state index is -0.292. The minimum absolute atomic E-state index is 0.0969. The number of ether oxygens (including phenoxy) is 2. The quantitative estimate of drug-likeness (QED) is 0.644. The van der Waals surface area contributed by atoms with Crippen LogP contribution >= 0.6 is 11.8 Å². The van der Waals surface area contributed by atoms with Crippen molar-refractivity contribution in [3.8, 4) is 23.0 Å². The van der Waals surface area contributed by atoms with Gasteiger partial charge in [0.2, 0.25) is 11.8 Å². The molecule has 7 nitrogen and oxygen atoms in total. The summed E-state index contributed by atoms with van der Waals surface area (Å²) in [7, 11) is 5.07. The molecule has 0 unspecified atom stereocenters. The van der Waals surface area contributed by atoms with Gasteiger partial charge in [0, 0.05) is 24.7 Å². The Morgan fingerprint density at radius 1 is 1.14 bits per heavy atom. The number of nitrogens with zero attached hydrogens (tertiary/aromatic N) is 3. The normalized spacial score (nSPS) is 15.9. The van der Waals surface area contributed by atoms with Gasteiger partial charge in [0.05, 0.1) is 19.5 Å². The van der Waals surface area contributed by atoms with Crippen LogP contribution in [-0.2, 0) is 4.79 Å². The smallest absolute Gasteiger partial charge is 0.277 e. The van der Waals surface area contributed by atoms with Crippen molar-refractivity contribution < 1.29 is 18.7 Å². The highest BCUT2D eigenvalue weighted by atomic mass is 32.2. The van der Waals surface area contributed by atoms with Crippen molar-refractivity contribution in [2.75, 3.05) is 21.3 Å². The first-order chi connectivity index (χ1) is 13.5. The summed E-state index contributed by atoms with van der Waals surface area (Å²) in [5.74, 6) is 1.73. The van der Waals surface area contributed by atoms with Crippen LogP contribution in [0.5, 0.6) is 11.5 Å². The topological polar surface area (TPSA) is 77.7 Å². The van der Waals surface area contributed by atoms with Crippen molar-refractivity contribution in [1.29, 1.82) is 0 Å². The molecule has 28 heavy (non-hydrogen) atoms. The first-order valence-electron chi connectivity index (χ1n) is 9.52. The van der Waals surface area contributed by atoms with Crippen LogP contribution in [0.4, 0.5) is 0 Å². The van der Waals surface area contributed by atoms with E-state index in [0.717, 1.165) is 12.8 Å². The third-order valence-electron chi connectivity index (χ3n) is 5.10. The molecular formula is C20H27N3O4S. The number of amides is 1. The van der Waals surface area contributed by atoms with Crippen LogP contribution in [0.15, 0.2) is 27.8 Å². The maximum Gasteiger partial charge on any atom is 0.277 e. The van der Waals surface area contributed by atoms with Gasteiger partial charge in [-0.05, 0) is 31.9 Å². The summed E-state index contributed by atoms with van der Waals surface area (Å²) in [5.41, 5.74) is 0.703. The van der Waals surface area contributed by atoms with E-state index in [0.29, 0.717) is 34.2 Å². The Hall–Kier alpha value is -2.22. The Labute approximate surface area is 169 Å². The van der Waals surface area contributed by atoms with Crippen molar-refractivity contribution in [2.24, 2.45) is 0 Å². The van der Waals surface area contributed by atoms with Gasteiger partial charge in [0.1, 0.15) is 11.5 Å². The monoisotopic (exact) mass is 405 g/mol. The van der Waals surface area contributed by atoms with Gasteiger partial charge in [0.25, 0.3) is 5.22 Å². The van der Waals surface area contributed by atoms with E-state index in [1.54, 1.807) is 32.4 Å². The van der Waals surface area contributed by atoms with Crippen LogP contribution in [-0.4, -0.2) is 53.6 Å². The van der Waals surface area contributed by atoms with E-state index >= 15 is 0 Å². The number of thioether (sulfide) groups is 1. The molecule has 8 heteroatoms. The minimum Gasteiger partial charge on any atom is -0.497 e. The van der Waals surface area contributed by atoms with Gasteiger partial charge >= 0.3 is 0 Å². The fourth-order valence-electron chi connectivity index (χ4n) is 3.44. The van der Waals surface area contributed by atoms with Crippen molar-refractivity contribution in [2.45, 2.75) is 55.5 Å². The molecule has 0 radical (unpaired) electrons. The molecular weight excluding hydrogens is 378 g/mol. The lowest BCUT2D eigenvalue weighted by Gasteiger charge is -2.32. The third kappa shape index (κ3) is 4.79. The molecule has 1 aromatic carbocycles. The number of rotatable bonds is 7. The molecule has 1 aliphatic carbocycles. The predicted molar refractivity (Wildman–Crippen MR) is 108 cm³/mol. The molecule has 0 bridgehead atoms. The van der Waals surface area contributed by atoms with E-state index in [1.165, 1.54) is 31.0 Å². The lowest BCUT2D eigenvalue weighted by Crippen LogP contribution is -2.42. The molecule has 1 amide bonds. The molecule has 1 heterocycles. The average molecular weight is 406 g/mol. The van der Waals surface area contributed by atoms with Crippen molar-refractivity contribution in [1.82, 2.24) is 15.1 Å². The highest BCUT2D eigenvalue weighted by Gasteiger charge is 2.27. The lowest BCUT2D eigenvalue weighted by molar-refractivity contribution is -0.131. The molecule has 0 aliphatic heterocycles. The molecule has 0 saturated heterocycles. The number of hydrogen-bond acceptors (Lipinski definition) is 7. The van der Waals surface area contributed by atoms with E-state index in [2.05, 4.69) is 10.2 Å². The molecule has 1 aromatic heterocycles. The molecule has 1 atom stereocenters. The van der Waals surface area contributed by atoms with Gasteiger partial charge in [-0.1, -0.05) is 31.0 Å². The van der Waals surface area contributed by atoms with Crippen LogP contribution < -0.4 is 9.47 Å². The standard InChI is InChI=1S/C20H27N3O4S/c1-13(19(24)23(2)15-8-6-5-7-9-15)28-20-22-21-18(27-20)14-10-16(25-3)12-17(11-14)26-4/h10-13,15H,5-9H2,1-4H3/t13-/m0/s1. The zero-order chi connectivity index (χ0) is 20.1. The Morgan fingerprint density at radius 3 is 2.39 bits per heavy atom. The Kier molecular flexibility index (Phi) is 6.83. The molecule has 3 rings (SSSR count). The molecule has 1 saturated carbocycles. The lowest BCUT2D eigenvalue weighted by atomic mass is 9.94. The Bertz CT molecular complexity index is 782. The van der Waals surface area contributed by atoms with Gasteiger partial charge < -0.3 is 18.8 Å². The van der Waals surface area contributed by atoms with Crippen LogP contribution in [0.3, 0.4) is 0 Å². The maximum atomic E-state index is 12.8. The average Bonchev–Trinajstić information content (AvgIpc) is 3.21. The van der Waals surface area contributed by atoms with Gasteiger partial charge in [0.15, 0.2) is 0 Å². The third-order valence-corrected chi connectivity index (χ3v) is 6.02. The van der Waals surface area contributed by atoms with Crippen LogP contribution in [0.1, 0.15) is 39.0 Å². The molecule has 1 fully saturated rings. The first kappa shape index (κ1) is 20.5. The number of aromatic nitrogens is 2. The molecule has 0 spiro atoms. The van der Waals surface area contributed by atoms with Gasteiger partial charge in [-0.3, -0.25) is 4.79 Å². The number of carbonyl (C=O) groups excluding carboxylic acids is 1. The second-order valence-corrected chi connectivity index (χ2v) is 8.27. The van der Waals surface area contributed by atoms with Gasteiger partial charge in [-0.2, -0.15) is 0 Å². The number of benzene rings is 1. The summed E-state index contributed by atoms with van der Waals surface area (Å²) in [6.45, 7) is 1.88. The largest absolute Gasteiger partial charge is 0.497 e. The second-order valence-electron chi connectivity index (χ2n) is 6.98. The van der Waals surface area contributed by atoms with Crippen molar-refractivity contribution in [3.63, 3.8) is 0 Å². The van der Waals surface area contributed by atoms with E-state index in [9.17, 15) is 4.79 Å². The number of hydrogen-bond donors (Lipinski definition) is 0.